The Hall–Kier alpha value is -1.55. The van der Waals surface area contributed by atoms with Gasteiger partial charge in [-0.2, -0.15) is 0 Å². The Morgan fingerprint density at radius 3 is 2.50 bits per heavy atom. The molecular formula is C13H17ClN2O2. The van der Waals surface area contributed by atoms with Gasteiger partial charge in [0, 0.05) is 6.54 Å². The molecule has 0 atom stereocenters. The van der Waals surface area contributed by atoms with E-state index in [1.165, 1.54) is 5.56 Å². The van der Waals surface area contributed by atoms with E-state index in [-0.39, 0.29) is 24.2 Å². The summed E-state index contributed by atoms with van der Waals surface area (Å²) in [4.78, 5) is 22.3. The molecule has 1 aromatic carbocycles. The molecule has 0 unspecified atom stereocenters. The first-order valence-corrected chi connectivity index (χ1v) is 6.22. The number of carbonyl (C=O) groups excluding carboxylic acids is 2. The predicted octanol–water partition coefficient (Wildman–Crippen LogP) is 1.27. The van der Waals surface area contributed by atoms with Crippen LogP contribution in [-0.2, 0) is 16.1 Å². The molecule has 0 aromatic heterocycles. The van der Waals surface area contributed by atoms with Crippen LogP contribution in [0.4, 0.5) is 0 Å². The van der Waals surface area contributed by atoms with Crippen molar-refractivity contribution in [2.75, 3.05) is 12.4 Å². The van der Waals surface area contributed by atoms with Gasteiger partial charge in [-0.05, 0) is 25.0 Å². The van der Waals surface area contributed by atoms with Gasteiger partial charge in [0.25, 0.3) is 0 Å². The molecule has 4 nitrogen and oxygen atoms in total. The van der Waals surface area contributed by atoms with Crippen molar-refractivity contribution in [3.63, 3.8) is 0 Å². The fourth-order valence-electron chi connectivity index (χ4n) is 1.53. The molecule has 1 aromatic rings. The number of benzene rings is 1. The summed E-state index contributed by atoms with van der Waals surface area (Å²) in [6, 6.07) is 6.06. The first kappa shape index (κ1) is 14.5. The van der Waals surface area contributed by atoms with Crippen LogP contribution in [0.1, 0.15) is 16.7 Å². The molecule has 0 radical (unpaired) electrons. The molecule has 0 saturated carbocycles. The van der Waals surface area contributed by atoms with Gasteiger partial charge in [-0.3, -0.25) is 9.59 Å². The van der Waals surface area contributed by atoms with E-state index < -0.39 is 0 Å². The largest absolute Gasteiger partial charge is 0.350 e. The third-order valence-corrected chi connectivity index (χ3v) is 2.78. The van der Waals surface area contributed by atoms with Crippen LogP contribution in [0.25, 0.3) is 0 Å². The number of nitrogens with one attached hydrogen (secondary N) is 2. The van der Waals surface area contributed by atoms with E-state index in [2.05, 4.69) is 16.7 Å². The number of halogens is 1. The van der Waals surface area contributed by atoms with Crippen LogP contribution in [0.3, 0.4) is 0 Å². The molecule has 18 heavy (non-hydrogen) atoms. The molecule has 0 aliphatic rings. The molecule has 1 rings (SSSR count). The van der Waals surface area contributed by atoms with Crippen LogP contribution in [0.5, 0.6) is 0 Å². The summed E-state index contributed by atoms with van der Waals surface area (Å²) in [5.74, 6) is -0.712. The highest BCUT2D eigenvalue weighted by atomic mass is 35.5. The maximum Gasteiger partial charge on any atom is 0.239 e. The van der Waals surface area contributed by atoms with Crippen molar-refractivity contribution >= 4 is 23.4 Å². The summed E-state index contributed by atoms with van der Waals surface area (Å²) in [5.41, 5.74) is 3.40. The molecule has 0 bridgehead atoms. The Labute approximate surface area is 112 Å². The van der Waals surface area contributed by atoms with Gasteiger partial charge in [-0.1, -0.05) is 23.8 Å². The highest BCUT2D eigenvalue weighted by Crippen LogP contribution is 2.09. The number of alkyl halides is 1. The quantitative estimate of drug-likeness (QED) is 0.791. The molecule has 98 valence electrons. The number of hydrogen-bond donors (Lipinski definition) is 2. The number of hydrogen-bond acceptors (Lipinski definition) is 2. The van der Waals surface area contributed by atoms with E-state index in [4.69, 9.17) is 11.6 Å². The summed E-state index contributed by atoms with van der Waals surface area (Å²) in [6.07, 6.45) is 0. The Morgan fingerprint density at radius 2 is 1.89 bits per heavy atom. The van der Waals surface area contributed by atoms with Gasteiger partial charge < -0.3 is 10.6 Å². The summed E-state index contributed by atoms with van der Waals surface area (Å²) in [6.45, 7) is 4.44. The van der Waals surface area contributed by atoms with Crippen LogP contribution in [0.15, 0.2) is 18.2 Å². The molecule has 0 aliphatic heterocycles. The van der Waals surface area contributed by atoms with Crippen LogP contribution >= 0.6 is 11.6 Å². The molecule has 0 spiro atoms. The standard InChI is InChI=1S/C13H17ClN2O2/c1-9-3-4-11(10(2)5-9)7-15-13(18)8-16-12(17)6-14/h3-5H,6-8H2,1-2H3,(H,15,18)(H,16,17). The van der Waals surface area contributed by atoms with Gasteiger partial charge >= 0.3 is 0 Å². The normalized spacial score (nSPS) is 9.94. The van der Waals surface area contributed by atoms with Gasteiger partial charge in [0.15, 0.2) is 0 Å². The van der Waals surface area contributed by atoms with E-state index in [1.54, 1.807) is 0 Å². The number of amides is 2. The Morgan fingerprint density at radius 1 is 1.17 bits per heavy atom. The highest BCUT2D eigenvalue weighted by Gasteiger charge is 2.05. The maximum absolute atomic E-state index is 11.4. The SMILES string of the molecule is Cc1ccc(CNC(=O)CNC(=O)CCl)c(C)c1. The zero-order valence-electron chi connectivity index (χ0n) is 10.5. The van der Waals surface area contributed by atoms with Crippen LogP contribution in [0, 0.1) is 13.8 Å². The van der Waals surface area contributed by atoms with E-state index in [0.717, 1.165) is 11.1 Å². The lowest BCUT2D eigenvalue weighted by Gasteiger charge is -2.09. The van der Waals surface area contributed by atoms with Crippen molar-refractivity contribution < 1.29 is 9.59 Å². The van der Waals surface area contributed by atoms with Crippen molar-refractivity contribution in [1.82, 2.24) is 10.6 Å². The van der Waals surface area contributed by atoms with E-state index >= 15 is 0 Å². The van der Waals surface area contributed by atoms with Crippen LogP contribution < -0.4 is 10.6 Å². The minimum Gasteiger partial charge on any atom is -0.350 e. The number of carbonyl (C=O) groups is 2. The third kappa shape index (κ3) is 4.75. The average molecular weight is 269 g/mol. The van der Waals surface area contributed by atoms with Crippen LogP contribution in [-0.4, -0.2) is 24.2 Å². The summed E-state index contributed by atoms with van der Waals surface area (Å²) in [5, 5.41) is 5.15. The molecule has 2 N–H and O–H groups in total. The second-order valence-electron chi connectivity index (χ2n) is 4.12. The summed E-state index contributed by atoms with van der Waals surface area (Å²) < 4.78 is 0. The number of rotatable bonds is 5. The second kappa shape index (κ2) is 7.01. The lowest BCUT2D eigenvalue weighted by Crippen LogP contribution is -2.37. The van der Waals surface area contributed by atoms with Crippen molar-refractivity contribution in [2.45, 2.75) is 20.4 Å². The first-order valence-electron chi connectivity index (χ1n) is 5.68. The molecule has 0 fully saturated rings. The first-order chi connectivity index (χ1) is 8.52. The minimum absolute atomic E-state index is 0.0452. The van der Waals surface area contributed by atoms with Gasteiger partial charge in [0.1, 0.15) is 5.88 Å². The zero-order valence-corrected chi connectivity index (χ0v) is 11.3. The lowest BCUT2D eigenvalue weighted by molar-refractivity contribution is -0.124. The van der Waals surface area contributed by atoms with E-state index in [1.807, 2.05) is 26.0 Å². The van der Waals surface area contributed by atoms with Crippen molar-refractivity contribution in [3.05, 3.63) is 34.9 Å². The lowest BCUT2D eigenvalue weighted by atomic mass is 10.1. The topological polar surface area (TPSA) is 58.2 Å². The van der Waals surface area contributed by atoms with Gasteiger partial charge in [0.2, 0.25) is 11.8 Å². The zero-order chi connectivity index (χ0) is 13.5. The Kier molecular flexibility index (Phi) is 5.65. The molecular weight excluding hydrogens is 252 g/mol. The van der Waals surface area contributed by atoms with Gasteiger partial charge in [-0.15, -0.1) is 11.6 Å². The monoisotopic (exact) mass is 268 g/mol. The Bertz CT molecular complexity index is 447. The summed E-state index contributed by atoms with van der Waals surface area (Å²) in [7, 11) is 0. The highest BCUT2D eigenvalue weighted by molar-refractivity contribution is 6.27. The fraction of sp³-hybridized carbons (Fsp3) is 0.385. The third-order valence-electron chi connectivity index (χ3n) is 2.54. The van der Waals surface area contributed by atoms with Gasteiger partial charge in [0.05, 0.1) is 6.54 Å². The molecule has 2 amide bonds. The van der Waals surface area contributed by atoms with Crippen molar-refractivity contribution in [2.24, 2.45) is 0 Å². The fourth-order valence-corrected chi connectivity index (χ4v) is 1.62. The average Bonchev–Trinajstić information content (AvgIpc) is 2.34. The van der Waals surface area contributed by atoms with Crippen molar-refractivity contribution in [3.8, 4) is 0 Å². The maximum atomic E-state index is 11.4. The van der Waals surface area contributed by atoms with Gasteiger partial charge in [-0.25, -0.2) is 0 Å². The smallest absolute Gasteiger partial charge is 0.239 e. The second-order valence-corrected chi connectivity index (χ2v) is 4.38. The predicted molar refractivity (Wildman–Crippen MR) is 71.5 cm³/mol. The van der Waals surface area contributed by atoms with Crippen LogP contribution in [0.2, 0.25) is 0 Å². The van der Waals surface area contributed by atoms with Crippen molar-refractivity contribution in [1.29, 1.82) is 0 Å². The molecule has 0 saturated heterocycles. The summed E-state index contributed by atoms with van der Waals surface area (Å²) >= 11 is 5.30. The molecule has 0 heterocycles. The number of aryl methyl sites for hydroxylation is 2. The van der Waals surface area contributed by atoms with E-state index in [9.17, 15) is 9.59 Å². The Balaban J connectivity index is 2.40. The molecule has 0 aliphatic carbocycles. The molecule has 5 heteroatoms. The van der Waals surface area contributed by atoms with E-state index in [0.29, 0.717) is 6.54 Å². The minimum atomic E-state index is -0.349.